The minimum atomic E-state index is 0.688. The first-order chi connectivity index (χ1) is 25.8. The summed E-state index contributed by atoms with van der Waals surface area (Å²) in [6.07, 6.45) is 3.68. The molecule has 0 saturated carbocycles. The van der Waals surface area contributed by atoms with E-state index in [1.165, 1.54) is 16.3 Å². The van der Waals surface area contributed by atoms with Crippen LogP contribution in [0.3, 0.4) is 0 Å². The van der Waals surface area contributed by atoms with Gasteiger partial charge < -0.3 is 0 Å². The summed E-state index contributed by atoms with van der Waals surface area (Å²) in [5, 5.41) is 2.37. The molecule has 0 N–H and O–H groups in total. The third-order valence-electron chi connectivity index (χ3n) is 9.39. The standard InChI is InChI=1S/C48H32N4/c1-3-14-34(15-4-1)45-32-46(35-16-5-2-6-17-35)52-48(51-45)37-23-21-36(22-24-37)47-41-18-8-7-13-33(41)25-26-42(47)38-29-39(43-19-9-11-27-49-43)31-40(30-38)44-20-10-12-28-50-44/h1-32H. The van der Waals surface area contributed by atoms with Crippen LogP contribution in [0.5, 0.6) is 0 Å². The van der Waals surface area contributed by atoms with Gasteiger partial charge in [-0.3, -0.25) is 9.97 Å². The van der Waals surface area contributed by atoms with E-state index in [1.807, 2.05) is 73.1 Å². The summed E-state index contributed by atoms with van der Waals surface area (Å²) in [5.74, 6) is 0.688. The molecule has 3 aromatic heterocycles. The number of aromatic nitrogens is 4. The van der Waals surface area contributed by atoms with Gasteiger partial charge in [0.15, 0.2) is 5.82 Å². The van der Waals surface area contributed by atoms with Gasteiger partial charge in [0.25, 0.3) is 0 Å². The molecule has 4 heteroatoms. The van der Waals surface area contributed by atoms with Crippen molar-refractivity contribution in [2.75, 3.05) is 0 Å². The molecule has 3 heterocycles. The Kier molecular flexibility index (Phi) is 8.16. The van der Waals surface area contributed by atoms with Crippen LogP contribution in [0.15, 0.2) is 194 Å². The summed E-state index contributed by atoms with van der Waals surface area (Å²) >= 11 is 0. The minimum absolute atomic E-state index is 0.688. The summed E-state index contributed by atoms with van der Waals surface area (Å²) in [5.41, 5.74) is 13.3. The van der Waals surface area contributed by atoms with Crippen LogP contribution < -0.4 is 0 Å². The average Bonchev–Trinajstić information content (AvgIpc) is 3.24. The Balaban J connectivity index is 1.20. The first kappa shape index (κ1) is 31.0. The molecule has 6 aromatic carbocycles. The van der Waals surface area contributed by atoms with E-state index in [1.54, 1.807) is 0 Å². The number of fused-ring (bicyclic) bond motifs is 1. The van der Waals surface area contributed by atoms with Crippen LogP contribution in [0.4, 0.5) is 0 Å². The van der Waals surface area contributed by atoms with Crippen molar-refractivity contribution >= 4 is 10.8 Å². The lowest BCUT2D eigenvalue weighted by Gasteiger charge is -2.17. The molecule has 0 spiro atoms. The molecule has 0 saturated heterocycles. The van der Waals surface area contributed by atoms with E-state index >= 15 is 0 Å². The van der Waals surface area contributed by atoms with Gasteiger partial charge in [-0.25, -0.2) is 9.97 Å². The molecule has 9 rings (SSSR count). The van der Waals surface area contributed by atoms with Crippen molar-refractivity contribution in [3.63, 3.8) is 0 Å². The molecule has 0 fully saturated rings. The second kappa shape index (κ2) is 13.7. The maximum Gasteiger partial charge on any atom is 0.160 e. The van der Waals surface area contributed by atoms with Crippen molar-refractivity contribution in [2.45, 2.75) is 0 Å². The lowest BCUT2D eigenvalue weighted by atomic mass is 9.87. The molecule has 0 amide bonds. The van der Waals surface area contributed by atoms with E-state index in [0.29, 0.717) is 5.82 Å². The van der Waals surface area contributed by atoms with Gasteiger partial charge in [-0.05, 0) is 81.6 Å². The van der Waals surface area contributed by atoms with Crippen LogP contribution in [-0.2, 0) is 0 Å². The third kappa shape index (κ3) is 6.14. The molecule has 244 valence electrons. The van der Waals surface area contributed by atoms with Gasteiger partial charge in [0.1, 0.15) is 0 Å². The fourth-order valence-corrected chi connectivity index (χ4v) is 6.84. The summed E-state index contributed by atoms with van der Waals surface area (Å²) in [6.45, 7) is 0. The van der Waals surface area contributed by atoms with Gasteiger partial charge >= 0.3 is 0 Å². The van der Waals surface area contributed by atoms with Gasteiger partial charge in [0.05, 0.1) is 22.8 Å². The smallest absolute Gasteiger partial charge is 0.160 e. The molecule has 0 atom stereocenters. The fraction of sp³-hybridized carbons (Fsp3) is 0. The van der Waals surface area contributed by atoms with Crippen molar-refractivity contribution in [2.24, 2.45) is 0 Å². The van der Waals surface area contributed by atoms with Crippen molar-refractivity contribution in [1.29, 1.82) is 0 Å². The number of hydrogen-bond acceptors (Lipinski definition) is 4. The minimum Gasteiger partial charge on any atom is -0.256 e. The van der Waals surface area contributed by atoms with Crippen molar-refractivity contribution in [3.8, 4) is 78.7 Å². The predicted molar refractivity (Wildman–Crippen MR) is 213 cm³/mol. The topological polar surface area (TPSA) is 51.6 Å². The molecule has 9 aromatic rings. The van der Waals surface area contributed by atoms with E-state index in [0.717, 1.165) is 67.3 Å². The Morgan fingerprint density at radius 3 is 1.40 bits per heavy atom. The Labute approximate surface area is 302 Å². The van der Waals surface area contributed by atoms with Crippen LogP contribution in [0.2, 0.25) is 0 Å². The Bertz CT molecular complexity index is 2530. The average molecular weight is 665 g/mol. The summed E-state index contributed by atoms with van der Waals surface area (Å²) in [4.78, 5) is 19.6. The number of pyridine rings is 2. The highest BCUT2D eigenvalue weighted by Gasteiger charge is 2.17. The van der Waals surface area contributed by atoms with Crippen LogP contribution in [0.25, 0.3) is 89.4 Å². The van der Waals surface area contributed by atoms with Crippen LogP contribution >= 0.6 is 0 Å². The third-order valence-corrected chi connectivity index (χ3v) is 9.39. The number of rotatable bonds is 7. The first-order valence-corrected chi connectivity index (χ1v) is 17.4. The van der Waals surface area contributed by atoms with E-state index < -0.39 is 0 Å². The molecule has 52 heavy (non-hydrogen) atoms. The normalized spacial score (nSPS) is 11.1. The SMILES string of the molecule is c1ccc(-c2cc(-c3ccccc3)nc(-c3ccc(-c4c(-c5cc(-c6ccccn6)cc(-c6ccccn6)c5)ccc5ccccc45)cc3)n2)cc1. The van der Waals surface area contributed by atoms with Gasteiger partial charge in [0, 0.05) is 40.2 Å². The predicted octanol–water partition coefficient (Wildman–Crippen LogP) is 12.1. The molecule has 0 aliphatic carbocycles. The zero-order valence-corrected chi connectivity index (χ0v) is 28.3. The molecule has 4 nitrogen and oxygen atoms in total. The molecule has 0 unspecified atom stereocenters. The van der Waals surface area contributed by atoms with E-state index in [4.69, 9.17) is 19.9 Å². The Morgan fingerprint density at radius 2 is 0.827 bits per heavy atom. The maximum atomic E-state index is 5.07. The fourth-order valence-electron chi connectivity index (χ4n) is 6.84. The van der Waals surface area contributed by atoms with E-state index in [-0.39, 0.29) is 0 Å². The van der Waals surface area contributed by atoms with Crippen LogP contribution in [0.1, 0.15) is 0 Å². The van der Waals surface area contributed by atoms with Gasteiger partial charge in [0.2, 0.25) is 0 Å². The monoisotopic (exact) mass is 664 g/mol. The number of benzene rings is 6. The van der Waals surface area contributed by atoms with E-state index in [9.17, 15) is 0 Å². The first-order valence-electron chi connectivity index (χ1n) is 17.4. The van der Waals surface area contributed by atoms with E-state index in [2.05, 4.69) is 121 Å². The highest BCUT2D eigenvalue weighted by Crippen LogP contribution is 2.41. The molecular formula is C48H32N4. The number of hydrogen-bond donors (Lipinski definition) is 0. The summed E-state index contributed by atoms with van der Waals surface area (Å²) < 4.78 is 0. The summed E-state index contributed by atoms with van der Waals surface area (Å²) in [6, 6.07) is 63.1. The lowest BCUT2D eigenvalue weighted by Crippen LogP contribution is -1.96. The zero-order chi connectivity index (χ0) is 34.7. The summed E-state index contributed by atoms with van der Waals surface area (Å²) in [7, 11) is 0. The molecule has 0 radical (unpaired) electrons. The molecule has 0 bridgehead atoms. The zero-order valence-electron chi connectivity index (χ0n) is 28.3. The van der Waals surface area contributed by atoms with Gasteiger partial charge in [-0.2, -0.15) is 0 Å². The quantitative estimate of drug-likeness (QED) is 0.170. The van der Waals surface area contributed by atoms with Crippen LogP contribution in [0, 0.1) is 0 Å². The van der Waals surface area contributed by atoms with Crippen molar-refractivity contribution < 1.29 is 0 Å². The highest BCUT2D eigenvalue weighted by atomic mass is 14.9. The second-order valence-corrected chi connectivity index (χ2v) is 12.7. The van der Waals surface area contributed by atoms with Crippen LogP contribution in [-0.4, -0.2) is 19.9 Å². The van der Waals surface area contributed by atoms with Crippen molar-refractivity contribution in [1.82, 2.24) is 19.9 Å². The lowest BCUT2D eigenvalue weighted by molar-refractivity contribution is 1.18. The molecule has 0 aliphatic heterocycles. The van der Waals surface area contributed by atoms with Crippen molar-refractivity contribution in [3.05, 3.63) is 194 Å². The maximum absolute atomic E-state index is 5.07. The van der Waals surface area contributed by atoms with Gasteiger partial charge in [-0.1, -0.05) is 133 Å². The Hall–Kier alpha value is -7.04. The number of nitrogens with zero attached hydrogens (tertiary/aromatic N) is 4. The Morgan fingerprint density at radius 1 is 0.308 bits per heavy atom. The molecular weight excluding hydrogens is 633 g/mol. The molecule has 0 aliphatic rings. The highest BCUT2D eigenvalue weighted by molar-refractivity contribution is 6.05. The van der Waals surface area contributed by atoms with Gasteiger partial charge in [-0.15, -0.1) is 0 Å². The largest absolute Gasteiger partial charge is 0.256 e. The second-order valence-electron chi connectivity index (χ2n) is 12.7.